The molecule has 0 aliphatic carbocycles. The highest BCUT2D eigenvalue weighted by molar-refractivity contribution is 9.11. The predicted octanol–water partition coefficient (Wildman–Crippen LogP) is 4.79. The zero-order chi connectivity index (χ0) is 18.4. The number of halogens is 6. The quantitative estimate of drug-likeness (QED) is 0.598. The second-order valence-electron chi connectivity index (χ2n) is 4.67. The molecule has 5 nitrogen and oxygen atoms in total. The van der Waals surface area contributed by atoms with Crippen molar-refractivity contribution in [2.45, 2.75) is 24.9 Å². The van der Waals surface area contributed by atoms with Gasteiger partial charge in [-0.15, -0.1) is 0 Å². The number of fused-ring (bicyclic) bond motifs is 1. The van der Waals surface area contributed by atoms with Crippen LogP contribution in [0.15, 0.2) is 13.8 Å². The van der Waals surface area contributed by atoms with Crippen molar-refractivity contribution in [3.63, 3.8) is 0 Å². The van der Waals surface area contributed by atoms with Gasteiger partial charge in [0.15, 0.2) is 0 Å². The number of nitrogens with zero attached hydrogens (tertiary/aromatic N) is 2. The molecule has 0 saturated heterocycles. The van der Waals surface area contributed by atoms with Crippen LogP contribution in [0.25, 0.3) is 11.0 Å². The number of hydrogen-bond donors (Lipinski definition) is 1. The standard InChI is InChI=1S/C12H11Br2ClF3N3O2S/c1-3-21(4-2)24(22,23)10-6(14)7(15)5(13)8-9(10)20-11(19-8)12(16,17)18/h3-4H2,1-2H3,(H,19,20). The number of rotatable bonds is 4. The van der Waals surface area contributed by atoms with Gasteiger partial charge in [-0.05, 0) is 31.9 Å². The van der Waals surface area contributed by atoms with Crippen LogP contribution in [0.5, 0.6) is 0 Å². The summed E-state index contributed by atoms with van der Waals surface area (Å²) in [6.45, 7) is 3.56. The number of imidazole rings is 1. The molecule has 1 heterocycles. The molecular weight excluding hydrogens is 502 g/mol. The first-order valence-electron chi connectivity index (χ1n) is 6.60. The topological polar surface area (TPSA) is 66.1 Å². The van der Waals surface area contributed by atoms with Crippen molar-refractivity contribution < 1.29 is 21.6 Å². The Morgan fingerprint density at radius 3 is 2.21 bits per heavy atom. The van der Waals surface area contributed by atoms with Crippen molar-refractivity contribution in [2.24, 2.45) is 0 Å². The fraction of sp³-hybridized carbons (Fsp3) is 0.417. The Morgan fingerprint density at radius 1 is 1.21 bits per heavy atom. The maximum Gasteiger partial charge on any atom is 0.449 e. The van der Waals surface area contributed by atoms with E-state index in [2.05, 4.69) is 41.8 Å². The highest BCUT2D eigenvalue weighted by Gasteiger charge is 2.38. The number of H-pyrrole nitrogens is 1. The van der Waals surface area contributed by atoms with Gasteiger partial charge >= 0.3 is 6.18 Å². The molecule has 0 fully saturated rings. The predicted molar refractivity (Wildman–Crippen MR) is 91.6 cm³/mol. The van der Waals surface area contributed by atoms with Crippen molar-refractivity contribution in [1.29, 1.82) is 0 Å². The van der Waals surface area contributed by atoms with E-state index in [1.165, 1.54) is 0 Å². The largest absolute Gasteiger partial charge is 0.449 e. The molecule has 134 valence electrons. The molecule has 0 aliphatic heterocycles. The highest BCUT2D eigenvalue weighted by atomic mass is 79.9. The van der Waals surface area contributed by atoms with Crippen LogP contribution >= 0.6 is 43.5 Å². The zero-order valence-electron chi connectivity index (χ0n) is 12.3. The first-order chi connectivity index (χ1) is 11.0. The molecule has 2 aromatic rings. The molecule has 1 N–H and O–H groups in total. The van der Waals surface area contributed by atoms with Gasteiger partial charge in [0.2, 0.25) is 15.8 Å². The molecule has 0 amide bonds. The van der Waals surface area contributed by atoms with Crippen LogP contribution in [-0.2, 0) is 16.2 Å². The summed E-state index contributed by atoms with van der Waals surface area (Å²) in [5.41, 5.74) is -0.473. The summed E-state index contributed by atoms with van der Waals surface area (Å²) in [4.78, 5) is 5.14. The maximum absolute atomic E-state index is 13.0. The van der Waals surface area contributed by atoms with E-state index in [1.807, 2.05) is 0 Å². The highest BCUT2D eigenvalue weighted by Crippen LogP contribution is 2.44. The molecule has 0 unspecified atom stereocenters. The normalized spacial score (nSPS) is 13.2. The Morgan fingerprint density at radius 2 is 1.75 bits per heavy atom. The van der Waals surface area contributed by atoms with Gasteiger partial charge in [0.05, 0.1) is 19.5 Å². The number of hydrogen-bond acceptors (Lipinski definition) is 3. The monoisotopic (exact) mass is 511 g/mol. The Bertz CT molecular complexity index is 895. The Hall–Kier alpha value is -0.360. The van der Waals surface area contributed by atoms with E-state index in [1.54, 1.807) is 13.8 Å². The molecule has 24 heavy (non-hydrogen) atoms. The summed E-state index contributed by atoms with van der Waals surface area (Å²) >= 11 is 12.2. The first-order valence-corrected chi connectivity index (χ1v) is 10.0. The molecule has 0 radical (unpaired) electrons. The van der Waals surface area contributed by atoms with Gasteiger partial charge < -0.3 is 4.98 Å². The first kappa shape index (κ1) is 20.0. The summed E-state index contributed by atoms with van der Waals surface area (Å²) < 4.78 is 65.7. The molecule has 0 saturated carbocycles. The molecule has 0 bridgehead atoms. The average molecular weight is 514 g/mol. The molecule has 1 aromatic heterocycles. The van der Waals surface area contributed by atoms with E-state index in [-0.39, 0.29) is 43.0 Å². The van der Waals surface area contributed by atoms with Crippen molar-refractivity contribution in [3.8, 4) is 0 Å². The number of aromatic nitrogens is 2. The molecule has 0 aliphatic rings. The minimum atomic E-state index is -4.76. The van der Waals surface area contributed by atoms with Gasteiger partial charge in [-0.3, -0.25) is 0 Å². The third-order valence-electron chi connectivity index (χ3n) is 3.30. The van der Waals surface area contributed by atoms with Crippen molar-refractivity contribution in [1.82, 2.24) is 14.3 Å². The Kier molecular flexibility index (Phi) is 5.61. The fourth-order valence-corrected chi connectivity index (χ4v) is 5.85. The van der Waals surface area contributed by atoms with Crippen LogP contribution < -0.4 is 0 Å². The number of aromatic amines is 1. The molecule has 0 spiro atoms. The van der Waals surface area contributed by atoms with Crippen LogP contribution in [-0.4, -0.2) is 35.8 Å². The number of sulfonamides is 1. The minimum absolute atomic E-state index is 0.0344. The van der Waals surface area contributed by atoms with Crippen molar-refractivity contribution in [3.05, 3.63) is 19.8 Å². The van der Waals surface area contributed by atoms with Crippen LogP contribution in [0.4, 0.5) is 13.2 Å². The molecule has 12 heteroatoms. The SMILES string of the molecule is CCN(CC)S(=O)(=O)c1c(Br)c(Cl)c(Br)c2nc(C(F)(F)F)[nH]c12. The third-order valence-corrected chi connectivity index (χ3v) is 8.08. The van der Waals surface area contributed by atoms with Crippen molar-refractivity contribution in [2.75, 3.05) is 13.1 Å². The van der Waals surface area contributed by atoms with Gasteiger partial charge in [0.1, 0.15) is 10.4 Å². The lowest BCUT2D eigenvalue weighted by molar-refractivity contribution is -0.144. The second kappa shape index (κ2) is 6.75. The lowest BCUT2D eigenvalue weighted by Crippen LogP contribution is -2.31. The Labute approximate surface area is 157 Å². The summed E-state index contributed by atoms with van der Waals surface area (Å²) in [6, 6.07) is 0. The molecule has 2 rings (SSSR count). The van der Waals surface area contributed by atoms with Crippen LogP contribution in [0, 0.1) is 0 Å². The van der Waals surface area contributed by atoms with E-state index in [9.17, 15) is 21.6 Å². The van der Waals surface area contributed by atoms with Gasteiger partial charge in [-0.2, -0.15) is 17.5 Å². The van der Waals surface area contributed by atoms with Crippen LogP contribution in [0.2, 0.25) is 5.02 Å². The molecule has 0 atom stereocenters. The summed E-state index contributed by atoms with van der Waals surface area (Å²) in [5, 5.41) is -0.0755. The van der Waals surface area contributed by atoms with Gasteiger partial charge in [0, 0.05) is 13.1 Å². The van der Waals surface area contributed by atoms with Crippen molar-refractivity contribution >= 4 is 64.5 Å². The van der Waals surface area contributed by atoms with Crippen LogP contribution in [0.1, 0.15) is 19.7 Å². The van der Waals surface area contributed by atoms with Gasteiger partial charge in [0.25, 0.3) is 0 Å². The number of benzene rings is 1. The maximum atomic E-state index is 13.0. The second-order valence-corrected chi connectivity index (χ2v) is 8.51. The lowest BCUT2D eigenvalue weighted by Gasteiger charge is -2.20. The van der Waals surface area contributed by atoms with E-state index in [4.69, 9.17) is 11.6 Å². The van der Waals surface area contributed by atoms with Crippen LogP contribution in [0.3, 0.4) is 0 Å². The summed E-state index contributed by atoms with van der Waals surface area (Å²) in [6.07, 6.45) is -4.76. The third kappa shape index (κ3) is 3.20. The van der Waals surface area contributed by atoms with Gasteiger partial charge in [-0.25, -0.2) is 13.4 Å². The van der Waals surface area contributed by atoms with E-state index in [0.717, 1.165) is 4.31 Å². The molecular formula is C12H11Br2ClF3N3O2S. The summed E-state index contributed by atoms with van der Waals surface area (Å²) in [5.74, 6) is -1.30. The van der Waals surface area contributed by atoms with Gasteiger partial charge in [-0.1, -0.05) is 25.4 Å². The smallest absolute Gasteiger partial charge is 0.333 e. The van der Waals surface area contributed by atoms with E-state index >= 15 is 0 Å². The summed E-state index contributed by atoms with van der Waals surface area (Å²) in [7, 11) is -4.09. The number of nitrogens with one attached hydrogen (secondary N) is 1. The lowest BCUT2D eigenvalue weighted by atomic mass is 10.3. The fourth-order valence-electron chi connectivity index (χ4n) is 2.18. The zero-order valence-corrected chi connectivity index (χ0v) is 17.0. The Balaban J connectivity index is 2.95. The molecule has 1 aromatic carbocycles. The van der Waals surface area contributed by atoms with E-state index < -0.39 is 22.0 Å². The van der Waals surface area contributed by atoms with E-state index in [0.29, 0.717) is 0 Å². The average Bonchev–Trinajstić information content (AvgIpc) is 2.90. The minimum Gasteiger partial charge on any atom is -0.333 e. The number of alkyl halides is 3.